The maximum absolute atomic E-state index is 4.83. The fourth-order valence-electron chi connectivity index (χ4n) is 3.77. The summed E-state index contributed by atoms with van der Waals surface area (Å²) in [4.78, 5) is 0. The van der Waals surface area contributed by atoms with Crippen LogP contribution < -0.4 is 5.32 Å². The van der Waals surface area contributed by atoms with Crippen LogP contribution in [0, 0.1) is 11.8 Å². The predicted octanol–water partition coefficient (Wildman–Crippen LogP) is 4.20. The van der Waals surface area contributed by atoms with Gasteiger partial charge in [0.2, 0.25) is 0 Å². The number of aromatic nitrogens is 2. The number of rotatable bonds is 8. The monoisotopic (exact) mass is 291 g/mol. The molecule has 0 saturated heterocycles. The first kappa shape index (κ1) is 16.5. The molecule has 1 aromatic rings. The third-order valence-corrected chi connectivity index (χ3v) is 5.33. The van der Waals surface area contributed by atoms with Crippen LogP contribution in [0.15, 0.2) is 12.3 Å². The molecule has 3 heteroatoms. The van der Waals surface area contributed by atoms with Crippen LogP contribution in [0.5, 0.6) is 0 Å². The number of hydrogen-bond acceptors (Lipinski definition) is 2. The molecule has 1 fully saturated rings. The summed E-state index contributed by atoms with van der Waals surface area (Å²) in [7, 11) is 0. The van der Waals surface area contributed by atoms with Crippen molar-refractivity contribution in [1.82, 2.24) is 15.1 Å². The van der Waals surface area contributed by atoms with Crippen LogP contribution in [0.2, 0.25) is 0 Å². The van der Waals surface area contributed by atoms with E-state index in [0.29, 0.717) is 6.04 Å². The van der Waals surface area contributed by atoms with Gasteiger partial charge in [0.1, 0.15) is 0 Å². The van der Waals surface area contributed by atoms with Gasteiger partial charge in [0, 0.05) is 12.2 Å². The van der Waals surface area contributed by atoms with Gasteiger partial charge in [-0.05, 0) is 63.0 Å². The maximum Gasteiger partial charge on any atom is 0.0627 e. The number of nitrogens with one attached hydrogen (secondary N) is 1. The fraction of sp³-hybridized carbons (Fsp3) is 0.833. The maximum atomic E-state index is 4.83. The Morgan fingerprint density at radius 1 is 1.29 bits per heavy atom. The van der Waals surface area contributed by atoms with Gasteiger partial charge < -0.3 is 5.32 Å². The van der Waals surface area contributed by atoms with Crippen LogP contribution >= 0.6 is 0 Å². The lowest BCUT2D eigenvalue weighted by atomic mass is 9.91. The third-order valence-electron chi connectivity index (χ3n) is 5.33. The summed E-state index contributed by atoms with van der Waals surface area (Å²) in [6, 6.07) is 3.52. The second kappa shape index (κ2) is 7.98. The molecule has 21 heavy (non-hydrogen) atoms. The van der Waals surface area contributed by atoms with E-state index in [9.17, 15) is 0 Å². The molecule has 3 unspecified atom stereocenters. The Morgan fingerprint density at radius 3 is 2.71 bits per heavy atom. The van der Waals surface area contributed by atoms with Gasteiger partial charge in [-0.3, -0.25) is 4.68 Å². The van der Waals surface area contributed by atoms with E-state index in [1.54, 1.807) is 0 Å². The van der Waals surface area contributed by atoms with Gasteiger partial charge in [0.15, 0.2) is 0 Å². The number of nitrogens with zero attached hydrogens (tertiary/aromatic N) is 2. The minimum Gasteiger partial charge on any atom is -0.314 e. The van der Waals surface area contributed by atoms with E-state index < -0.39 is 0 Å². The van der Waals surface area contributed by atoms with Gasteiger partial charge in [0.05, 0.1) is 11.7 Å². The zero-order chi connectivity index (χ0) is 15.2. The zero-order valence-electron chi connectivity index (χ0n) is 14.3. The Balaban J connectivity index is 1.90. The minimum absolute atomic E-state index is 0.568. The Hall–Kier alpha value is -0.830. The van der Waals surface area contributed by atoms with Crippen molar-refractivity contribution < 1.29 is 0 Å². The van der Waals surface area contributed by atoms with E-state index in [4.69, 9.17) is 5.10 Å². The molecule has 0 aromatic carbocycles. The molecule has 3 nitrogen and oxygen atoms in total. The molecule has 1 aliphatic carbocycles. The van der Waals surface area contributed by atoms with Crippen LogP contribution in [0.1, 0.15) is 71.5 Å². The molecule has 0 spiro atoms. The molecule has 0 bridgehead atoms. The lowest BCUT2D eigenvalue weighted by molar-refractivity contribution is 0.347. The molecule has 0 aliphatic heterocycles. The second-order valence-electron chi connectivity index (χ2n) is 6.72. The summed E-state index contributed by atoms with van der Waals surface area (Å²) >= 11 is 0. The van der Waals surface area contributed by atoms with Gasteiger partial charge in [-0.25, -0.2) is 0 Å². The quantitative estimate of drug-likeness (QED) is 0.778. The van der Waals surface area contributed by atoms with Crippen LogP contribution in [0.4, 0.5) is 0 Å². The standard InChI is InChI=1S/C18H33N3/c1-5-11-19-18-9-8-15(14(18)4)13-16-10-12-21(20-16)17(6-2)7-3/h10,12,14-15,17-19H,5-9,11,13H2,1-4H3. The van der Waals surface area contributed by atoms with Crippen molar-refractivity contribution >= 4 is 0 Å². The minimum atomic E-state index is 0.568. The fourth-order valence-corrected chi connectivity index (χ4v) is 3.77. The van der Waals surface area contributed by atoms with Crippen molar-refractivity contribution in [3.8, 4) is 0 Å². The molecule has 1 N–H and O–H groups in total. The van der Waals surface area contributed by atoms with E-state index in [2.05, 4.69) is 50.0 Å². The Morgan fingerprint density at radius 2 is 2.05 bits per heavy atom. The van der Waals surface area contributed by atoms with Gasteiger partial charge in [-0.2, -0.15) is 5.10 Å². The largest absolute Gasteiger partial charge is 0.314 e. The molecule has 1 saturated carbocycles. The van der Waals surface area contributed by atoms with E-state index in [-0.39, 0.29) is 0 Å². The average Bonchev–Trinajstić information content (AvgIpc) is 3.08. The van der Waals surface area contributed by atoms with E-state index in [1.165, 1.54) is 37.8 Å². The van der Waals surface area contributed by atoms with Crippen molar-refractivity contribution in [3.63, 3.8) is 0 Å². The van der Waals surface area contributed by atoms with Crippen molar-refractivity contribution in [3.05, 3.63) is 18.0 Å². The molecule has 0 amide bonds. The molecule has 1 aromatic heterocycles. The van der Waals surface area contributed by atoms with Crippen molar-refractivity contribution in [1.29, 1.82) is 0 Å². The van der Waals surface area contributed by atoms with Crippen molar-refractivity contribution in [2.45, 2.75) is 78.3 Å². The first-order chi connectivity index (χ1) is 10.2. The molecule has 120 valence electrons. The van der Waals surface area contributed by atoms with E-state index in [1.807, 2.05) is 0 Å². The summed E-state index contributed by atoms with van der Waals surface area (Å²) in [5.41, 5.74) is 1.29. The molecule has 3 atom stereocenters. The normalized spacial score (nSPS) is 25.9. The Kier molecular flexibility index (Phi) is 6.28. The van der Waals surface area contributed by atoms with Crippen LogP contribution in [-0.2, 0) is 6.42 Å². The SMILES string of the molecule is CCCNC1CCC(Cc2ccn(C(CC)CC)n2)C1C. The average molecular weight is 291 g/mol. The van der Waals surface area contributed by atoms with Gasteiger partial charge >= 0.3 is 0 Å². The Labute approximate surface area is 130 Å². The highest BCUT2D eigenvalue weighted by molar-refractivity contribution is 5.03. The first-order valence-corrected chi connectivity index (χ1v) is 8.96. The summed E-state index contributed by atoms with van der Waals surface area (Å²) in [6.07, 6.45) is 9.58. The molecule has 0 radical (unpaired) electrons. The van der Waals surface area contributed by atoms with E-state index >= 15 is 0 Å². The predicted molar refractivity (Wildman–Crippen MR) is 89.5 cm³/mol. The first-order valence-electron chi connectivity index (χ1n) is 8.96. The summed E-state index contributed by atoms with van der Waals surface area (Å²) in [6.45, 7) is 10.3. The molecular weight excluding hydrogens is 258 g/mol. The highest BCUT2D eigenvalue weighted by Gasteiger charge is 2.32. The summed E-state index contributed by atoms with van der Waals surface area (Å²) < 4.78 is 2.18. The lowest BCUT2D eigenvalue weighted by Gasteiger charge is -2.21. The number of hydrogen-bond donors (Lipinski definition) is 1. The molecular formula is C18H33N3. The molecule has 1 aliphatic rings. The Bertz CT molecular complexity index is 408. The van der Waals surface area contributed by atoms with Gasteiger partial charge in [0.25, 0.3) is 0 Å². The second-order valence-corrected chi connectivity index (χ2v) is 6.72. The van der Waals surface area contributed by atoms with Gasteiger partial charge in [-0.1, -0.05) is 27.7 Å². The smallest absolute Gasteiger partial charge is 0.0627 e. The molecule has 2 rings (SSSR count). The highest BCUT2D eigenvalue weighted by Crippen LogP contribution is 2.34. The van der Waals surface area contributed by atoms with Crippen LogP contribution in [0.25, 0.3) is 0 Å². The lowest BCUT2D eigenvalue weighted by Crippen LogP contribution is -2.33. The van der Waals surface area contributed by atoms with Crippen LogP contribution in [0.3, 0.4) is 0 Å². The van der Waals surface area contributed by atoms with Gasteiger partial charge in [-0.15, -0.1) is 0 Å². The van der Waals surface area contributed by atoms with Crippen molar-refractivity contribution in [2.75, 3.05) is 6.54 Å². The van der Waals surface area contributed by atoms with E-state index in [0.717, 1.165) is 30.8 Å². The van der Waals surface area contributed by atoms with Crippen molar-refractivity contribution in [2.24, 2.45) is 11.8 Å². The highest BCUT2D eigenvalue weighted by atomic mass is 15.3. The topological polar surface area (TPSA) is 29.9 Å². The summed E-state index contributed by atoms with van der Waals surface area (Å²) in [5.74, 6) is 1.57. The molecule has 1 heterocycles. The third kappa shape index (κ3) is 4.09. The zero-order valence-corrected chi connectivity index (χ0v) is 14.3. The summed E-state index contributed by atoms with van der Waals surface area (Å²) in [5, 5.41) is 8.55. The van der Waals surface area contributed by atoms with Crippen LogP contribution in [-0.4, -0.2) is 22.4 Å².